The van der Waals surface area contributed by atoms with Crippen LogP contribution in [0.4, 0.5) is 0 Å². The molecule has 0 heterocycles. The van der Waals surface area contributed by atoms with Crippen LogP contribution in [0, 0.1) is 0 Å². The van der Waals surface area contributed by atoms with E-state index in [1.54, 1.807) is 25.3 Å². The maximum atomic E-state index is 10.4. The number of hydrogen-bond acceptors (Lipinski definition) is 3. The molecule has 1 aromatic carbocycles. The number of methoxy groups -OCH3 is 1. The molecule has 0 saturated heterocycles. The second kappa shape index (κ2) is 5.73. The molecule has 0 spiro atoms. The molecule has 0 saturated carbocycles. The molecule has 0 aromatic heterocycles. The summed E-state index contributed by atoms with van der Waals surface area (Å²) in [5, 5.41) is 8.57. The summed E-state index contributed by atoms with van der Waals surface area (Å²) in [6.45, 7) is 6.26. The van der Waals surface area contributed by atoms with Gasteiger partial charge in [0.2, 0.25) is 8.32 Å². The summed E-state index contributed by atoms with van der Waals surface area (Å²) in [5.74, 6) is 0.338. The summed E-state index contributed by atoms with van der Waals surface area (Å²) >= 11 is 0. The molecule has 1 rings (SSSR count). The number of carbonyl (C=O) groups is 1. The van der Waals surface area contributed by atoms with E-state index in [4.69, 9.17) is 14.3 Å². The Balaban J connectivity index is 3.00. The molecule has 4 nitrogen and oxygen atoms in total. The van der Waals surface area contributed by atoms with E-state index in [0.717, 1.165) is 11.6 Å². The normalized spacial score (nSPS) is 11.6. The molecule has 0 aliphatic heterocycles. The van der Waals surface area contributed by atoms with Crippen molar-refractivity contribution in [3.05, 3.63) is 29.8 Å². The molecular weight excluding hydrogens is 248 g/mol. The zero-order valence-electron chi connectivity index (χ0n) is 11.1. The van der Waals surface area contributed by atoms with Crippen LogP contribution in [0.5, 0.6) is 11.5 Å². The molecule has 0 amide bonds. The molecule has 0 aliphatic carbocycles. The highest BCUT2D eigenvalue weighted by Gasteiger charge is 2.18. The lowest BCUT2D eigenvalue weighted by Gasteiger charge is -2.21. The number of benzene rings is 1. The number of carboxylic acid groups (broad SMARTS) is 1. The smallest absolute Gasteiger partial charge is 0.328 e. The van der Waals surface area contributed by atoms with E-state index >= 15 is 0 Å². The third-order valence-electron chi connectivity index (χ3n) is 2.02. The van der Waals surface area contributed by atoms with E-state index in [9.17, 15) is 4.79 Å². The Kier molecular flexibility index (Phi) is 4.55. The average Bonchev–Trinajstić information content (AvgIpc) is 2.25. The fourth-order valence-corrected chi connectivity index (χ4v) is 2.20. The van der Waals surface area contributed by atoms with Gasteiger partial charge in [-0.05, 0) is 43.4 Å². The number of hydrogen-bond donors (Lipinski definition) is 1. The van der Waals surface area contributed by atoms with Gasteiger partial charge in [0.25, 0.3) is 0 Å². The highest BCUT2D eigenvalue weighted by atomic mass is 28.4. The fraction of sp³-hybridized carbons (Fsp3) is 0.308. The molecular formula is C13H18O4Si. The predicted octanol–water partition coefficient (Wildman–Crippen LogP) is 3.01. The monoisotopic (exact) mass is 266 g/mol. The Morgan fingerprint density at radius 2 is 1.94 bits per heavy atom. The first-order chi connectivity index (χ1) is 8.31. The number of carboxylic acids is 1. The summed E-state index contributed by atoms with van der Waals surface area (Å²) < 4.78 is 11.1. The molecule has 0 aliphatic rings. The molecule has 0 unspecified atom stereocenters. The van der Waals surface area contributed by atoms with Crippen molar-refractivity contribution in [2.45, 2.75) is 19.6 Å². The summed E-state index contributed by atoms with van der Waals surface area (Å²) in [6, 6.07) is 5.37. The Bertz CT molecular complexity index is 461. The lowest BCUT2D eigenvalue weighted by Crippen LogP contribution is -2.29. The largest absolute Gasteiger partial charge is 0.542 e. The molecule has 98 valence electrons. The highest BCUT2D eigenvalue weighted by Crippen LogP contribution is 2.30. The van der Waals surface area contributed by atoms with Crippen LogP contribution in [0.15, 0.2) is 24.3 Å². The van der Waals surface area contributed by atoms with Crippen LogP contribution in [0.3, 0.4) is 0 Å². The van der Waals surface area contributed by atoms with Crippen LogP contribution < -0.4 is 9.16 Å². The second-order valence-corrected chi connectivity index (χ2v) is 9.23. The van der Waals surface area contributed by atoms with Gasteiger partial charge in [0, 0.05) is 6.08 Å². The molecule has 0 bridgehead atoms. The van der Waals surface area contributed by atoms with Crippen LogP contribution >= 0.6 is 0 Å². The zero-order valence-corrected chi connectivity index (χ0v) is 12.1. The van der Waals surface area contributed by atoms with Crippen molar-refractivity contribution >= 4 is 20.4 Å². The van der Waals surface area contributed by atoms with E-state index in [1.807, 2.05) is 0 Å². The second-order valence-electron chi connectivity index (χ2n) is 4.80. The number of ether oxygens (including phenoxy) is 1. The van der Waals surface area contributed by atoms with Crippen molar-refractivity contribution in [1.29, 1.82) is 0 Å². The third kappa shape index (κ3) is 4.63. The Morgan fingerprint density at radius 3 is 2.44 bits per heavy atom. The minimum absolute atomic E-state index is 0.616. The van der Waals surface area contributed by atoms with Gasteiger partial charge in [0.15, 0.2) is 5.75 Å². The van der Waals surface area contributed by atoms with Gasteiger partial charge in [-0.25, -0.2) is 4.79 Å². The Morgan fingerprint density at radius 1 is 1.28 bits per heavy atom. The minimum atomic E-state index is -1.69. The van der Waals surface area contributed by atoms with E-state index in [1.165, 1.54) is 6.08 Å². The molecule has 1 aromatic rings. The number of aliphatic carboxylic acids is 1. The van der Waals surface area contributed by atoms with Gasteiger partial charge in [0.05, 0.1) is 7.11 Å². The van der Waals surface area contributed by atoms with Crippen LogP contribution in [-0.4, -0.2) is 26.5 Å². The number of rotatable bonds is 5. The van der Waals surface area contributed by atoms with E-state index < -0.39 is 14.3 Å². The van der Waals surface area contributed by atoms with Gasteiger partial charge in [-0.2, -0.15) is 0 Å². The van der Waals surface area contributed by atoms with E-state index in [0.29, 0.717) is 11.5 Å². The molecule has 0 fully saturated rings. The molecule has 0 atom stereocenters. The first kappa shape index (κ1) is 14.3. The van der Waals surface area contributed by atoms with Gasteiger partial charge < -0.3 is 14.3 Å². The Labute approximate surface area is 108 Å². The maximum absolute atomic E-state index is 10.4. The lowest BCUT2D eigenvalue weighted by molar-refractivity contribution is -0.131. The van der Waals surface area contributed by atoms with Gasteiger partial charge in [-0.1, -0.05) is 6.07 Å². The summed E-state index contributed by atoms with van der Waals surface area (Å²) in [4.78, 5) is 10.4. The van der Waals surface area contributed by atoms with Gasteiger partial charge in [-0.3, -0.25) is 0 Å². The lowest BCUT2D eigenvalue weighted by atomic mass is 10.2. The molecule has 0 radical (unpaired) electrons. The van der Waals surface area contributed by atoms with Gasteiger partial charge in [0.1, 0.15) is 5.75 Å². The van der Waals surface area contributed by atoms with Crippen molar-refractivity contribution in [2.75, 3.05) is 7.11 Å². The average molecular weight is 266 g/mol. The maximum Gasteiger partial charge on any atom is 0.328 e. The summed E-state index contributed by atoms with van der Waals surface area (Å²) in [7, 11) is -0.125. The SMILES string of the molecule is COc1cc(/C=C/C(=O)O)ccc1O[Si](C)(C)C. The van der Waals surface area contributed by atoms with E-state index in [-0.39, 0.29) is 0 Å². The van der Waals surface area contributed by atoms with Crippen molar-refractivity contribution < 1.29 is 19.1 Å². The van der Waals surface area contributed by atoms with Crippen LogP contribution in [-0.2, 0) is 4.79 Å². The summed E-state index contributed by atoms with van der Waals surface area (Å²) in [6.07, 6.45) is 2.61. The van der Waals surface area contributed by atoms with Crippen LogP contribution in [0.2, 0.25) is 19.6 Å². The molecule has 18 heavy (non-hydrogen) atoms. The van der Waals surface area contributed by atoms with Crippen molar-refractivity contribution in [3.8, 4) is 11.5 Å². The zero-order chi connectivity index (χ0) is 13.8. The fourth-order valence-electron chi connectivity index (χ4n) is 1.37. The predicted molar refractivity (Wildman–Crippen MR) is 73.6 cm³/mol. The first-order valence-corrected chi connectivity index (χ1v) is 9.01. The Hall–Kier alpha value is -1.75. The topological polar surface area (TPSA) is 55.8 Å². The third-order valence-corrected chi connectivity index (χ3v) is 2.85. The standard InChI is InChI=1S/C13H18O4Si/c1-16-12-9-10(6-8-13(14)15)5-7-11(12)17-18(2,3)4/h5-9H,1-4H3,(H,14,15)/b8-6+. The van der Waals surface area contributed by atoms with Crippen LogP contribution in [0.1, 0.15) is 5.56 Å². The van der Waals surface area contributed by atoms with Crippen molar-refractivity contribution in [1.82, 2.24) is 0 Å². The minimum Gasteiger partial charge on any atom is -0.542 e. The van der Waals surface area contributed by atoms with E-state index in [2.05, 4.69) is 19.6 Å². The van der Waals surface area contributed by atoms with Gasteiger partial charge >= 0.3 is 5.97 Å². The molecule has 5 heteroatoms. The summed E-state index contributed by atoms with van der Waals surface area (Å²) in [5.41, 5.74) is 0.761. The quantitative estimate of drug-likeness (QED) is 0.657. The van der Waals surface area contributed by atoms with Crippen molar-refractivity contribution in [3.63, 3.8) is 0 Å². The molecule has 1 N–H and O–H groups in total. The van der Waals surface area contributed by atoms with Crippen LogP contribution in [0.25, 0.3) is 6.08 Å². The van der Waals surface area contributed by atoms with Crippen molar-refractivity contribution in [2.24, 2.45) is 0 Å². The first-order valence-electron chi connectivity index (χ1n) is 5.60. The van der Waals surface area contributed by atoms with Gasteiger partial charge in [-0.15, -0.1) is 0 Å². The highest BCUT2D eigenvalue weighted by molar-refractivity contribution is 6.70.